The SMILES string of the molecule is Cc1ccc(/C=C/C(=O)N(CCC(=O)O)C(C)(C)C)cc1. The maximum atomic E-state index is 12.3. The number of hydrogen-bond acceptors (Lipinski definition) is 2. The minimum atomic E-state index is -0.903. The molecule has 0 atom stereocenters. The van der Waals surface area contributed by atoms with E-state index in [9.17, 15) is 9.59 Å². The average molecular weight is 289 g/mol. The summed E-state index contributed by atoms with van der Waals surface area (Å²) in [5.41, 5.74) is 1.70. The van der Waals surface area contributed by atoms with Crippen molar-refractivity contribution in [2.24, 2.45) is 0 Å². The van der Waals surface area contributed by atoms with Gasteiger partial charge in [0.25, 0.3) is 0 Å². The lowest BCUT2D eigenvalue weighted by Crippen LogP contribution is -2.45. The second-order valence-corrected chi connectivity index (χ2v) is 6.05. The van der Waals surface area contributed by atoms with Crippen LogP contribution in [0.25, 0.3) is 6.08 Å². The lowest BCUT2D eigenvalue weighted by molar-refractivity contribution is -0.139. The maximum absolute atomic E-state index is 12.3. The standard InChI is InChI=1S/C17H23NO3/c1-13-5-7-14(8-6-13)9-10-15(19)18(17(2,3)4)12-11-16(20)21/h5-10H,11-12H2,1-4H3,(H,20,21)/b10-9+. The van der Waals surface area contributed by atoms with Crippen molar-refractivity contribution in [1.82, 2.24) is 4.90 Å². The van der Waals surface area contributed by atoms with Gasteiger partial charge in [0.2, 0.25) is 5.91 Å². The smallest absolute Gasteiger partial charge is 0.305 e. The molecule has 0 bridgehead atoms. The summed E-state index contributed by atoms with van der Waals surface area (Å²) < 4.78 is 0. The minimum absolute atomic E-state index is 0.0542. The van der Waals surface area contributed by atoms with Crippen molar-refractivity contribution >= 4 is 18.0 Å². The van der Waals surface area contributed by atoms with Gasteiger partial charge in [0.15, 0.2) is 0 Å². The average Bonchev–Trinajstić information content (AvgIpc) is 2.36. The highest BCUT2D eigenvalue weighted by atomic mass is 16.4. The Bertz CT molecular complexity index is 524. The van der Waals surface area contributed by atoms with Crippen LogP contribution in [0.15, 0.2) is 30.3 Å². The molecule has 1 rings (SSSR count). The Hall–Kier alpha value is -2.10. The summed E-state index contributed by atoms with van der Waals surface area (Å²) in [7, 11) is 0. The van der Waals surface area contributed by atoms with Gasteiger partial charge in [-0.1, -0.05) is 29.8 Å². The van der Waals surface area contributed by atoms with E-state index in [4.69, 9.17) is 5.11 Å². The zero-order valence-corrected chi connectivity index (χ0v) is 13.1. The van der Waals surface area contributed by atoms with Crippen LogP contribution in [0.5, 0.6) is 0 Å². The number of benzene rings is 1. The number of carboxylic acids is 1. The van der Waals surface area contributed by atoms with Crippen LogP contribution in [0, 0.1) is 6.92 Å². The van der Waals surface area contributed by atoms with Gasteiger partial charge in [-0.15, -0.1) is 0 Å². The van der Waals surface area contributed by atoms with Crippen molar-refractivity contribution in [3.05, 3.63) is 41.5 Å². The molecule has 0 aliphatic rings. The number of nitrogens with zero attached hydrogens (tertiary/aromatic N) is 1. The van der Waals surface area contributed by atoms with Crippen LogP contribution in [0.2, 0.25) is 0 Å². The number of rotatable bonds is 5. The molecule has 0 aliphatic carbocycles. The molecule has 1 aromatic rings. The van der Waals surface area contributed by atoms with Crippen LogP contribution in [-0.4, -0.2) is 34.0 Å². The van der Waals surface area contributed by atoms with Crippen molar-refractivity contribution in [1.29, 1.82) is 0 Å². The number of aryl methyl sites for hydroxylation is 1. The third-order valence-electron chi connectivity index (χ3n) is 3.12. The van der Waals surface area contributed by atoms with Crippen LogP contribution in [-0.2, 0) is 9.59 Å². The first-order valence-corrected chi connectivity index (χ1v) is 6.98. The molecule has 1 amide bonds. The number of hydrogen-bond donors (Lipinski definition) is 1. The van der Waals surface area contributed by atoms with Crippen LogP contribution in [0.4, 0.5) is 0 Å². The fourth-order valence-corrected chi connectivity index (χ4v) is 1.92. The van der Waals surface area contributed by atoms with E-state index in [0.717, 1.165) is 11.1 Å². The van der Waals surface area contributed by atoms with E-state index < -0.39 is 11.5 Å². The third kappa shape index (κ3) is 5.81. The van der Waals surface area contributed by atoms with Crippen LogP contribution in [0.3, 0.4) is 0 Å². The van der Waals surface area contributed by atoms with Gasteiger partial charge >= 0.3 is 5.97 Å². The highest BCUT2D eigenvalue weighted by Crippen LogP contribution is 2.15. The molecule has 0 unspecified atom stereocenters. The lowest BCUT2D eigenvalue weighted by atomic mass is 10.0. The van der Waals surface area contributed by atoms with Gasteiger partial charge in [0.05, 0.1) is 6.42 Å². The van der Waals surface area contributed by atoms with Gasteiger partial charge in [0, 0.05) is 18.2 Å². The first-order valence-electron chi connectivity index (χ1n) is 6.98. The Morgan fingerprint density at radius 1 is 1.19 bits per heavy atom. The maximum Gasteiger partial charge on any atom is 0.305 e. The molecule has 4 heteroatoms. The van der Waals surface area contributed by atoms with Gasteiger partial charge in [-0.05, 0) is 39.3 Å². The van der Waals surface area contributed by atoms with E-state index in [1.54, 1.807) is 11.0 Å². The second kappa shape index (κ2) is 7.07. The summed E-state index contributed by atoms with van der Waals surface area (Å²) in [5.74, 6) is -1.08. The predicted octanol–water partition coefficient (Wildman–Crippen LogP) is 3.11. The molecule has 114 valence electrons. The summed E-state index contributed by atoms with van der Waals surface area (Å²) in [6, 6.07) is 7.85. The Balaban J connectivity index is 2.80. The number of carboxylic acid groups (broad SMARTS) is 1. The molecule has 0 radical (unpaired) electrons. The minimum Gasteiger partial charge on any atom is -0.481 e. The van der Waals surface area contributed by atoms with Crippen LogP contribution < -0.4 is 0 Å². The summed E-state index contributed by atoms with van der Waals surface area (Å²) in [4.78, 5) is 24.6. The quantitative estimate of drug-likeness (QED) is 0.847. The van der Waals surface area contributed by atoms with E-state index >= 15 is 0 Å². The Morgan fingerprint density at radius 2 is 1.76 bits per heavy atom. The molecular formula is C17H23NO3. The molecular weight excluding hydrogens is 266 g/mol. The fraction of sp³-hybridized carbons (Fsp3) is 0.412. The van der Waals surface area contributed by atoms with E-state index in [0.29, 0.717) is 0 Å². The van der Waals surface area contributed by atoms with Crippen molar-refractivity contribution < 1.29 is 14.7 Å². The molecule has 1 N–H and O–H groups in total. The molecule has 4 nitrogen and oxygen atoms in total. The molecule has 0 aromatic heterocycles. The van der Waals surface area contributed by atoms with Gasteiger partial charge in [-0.2, -0.15) is 0 Å². The summed E-state index contributed by atoms with van der Waals surface area (Å²) in [6.07, 6.45) is 3.19. The van der Waals surface area contributed by atoms with Gasteiger partial charge in [-0.25, -0.2) is 0 Å². The molecule has 1 aromatic carbocycles. The monoisotopic (exact) mass is 289 g/mol. The van der Waals surface area contributed by atoms with E-state index in [2.05, 4.69) is 0 Å². The number of carbonyl (C=O) groups excluding carboxylic acids is 1. The number of amides is 1. The van der Waals surface area contributed by atoms with Crippen molar-refractivity contribution in [2.75, 3.05) is 6.54 Å². The van der Waals surface area contributed by atoms with Gasteiger partial charge < -0.3 is 10.0 Å². The molecule has 0 aliphatic heterocycles. The van der Waals surface area contributed by atoms with Crippen molar-refractivity contribution in [3.63, 3.8) is 0 Å². The fourth-order valence-electron chi connectivity index (χ4n) is 1.92. The normalized spacial score (nSPS) is 11.6. The first-order chi connectivity index (χ1) is 9.70. The Kier molecular flexibility index (Phi) is 5.70. The highest BCUT2D eigenvalue weighted by Gasteiger charge is 2.25. The predicted molar refractivity (Wildman–Crippen MR) is 83.9 cm³/mol. The Morgan fingerprint density at radius 3 is 2.24 bits per heavy atom. The Labute approximate surface area is 126 Å². The summed E-state index contributed by atoms with van der Waals surface area (Å²) in [6.45, 7) is 7.90. The molecule has 0 fully saturated rings. The zero-order chi connectivity index (χ0) is 16.0. The topological polar surface area (TPSA) is 57.6 Å². The molecule has 21 heavy (non-hydrogen) atoms. The molecule has 0 heterocycles. The lowest BCUT2D eigenvalue weighted by Gasteiger charge is -2.34. The van der Waals surface area contributed by atoms with Gasteiger partial charge in [0.1, 0.15) is 0 Å². The summed E-state index contributed by atoms with van der Waals surface area (Å²) in [5, 5.41) is 8.79. The van der Waals surface area contributed by atoms with E-state index in [-0.39, 0.29) is 18.9 Å². The summed E-state index contributed by atoms with van der Waals surface area (Å²) >= 11 is 0. The first kappa shape index (κ1) is 17.0. The van der Waals surface area contributed by atoms with E-state index in [1.807, 2.05) is 52.0 Å². The number of carbonyl (C=O) groups is 2. The van der Waals surface area contributed by atoms with Gasteiger partial charge in [-0.3, -0.25) is 9.59 Å². The molecule has 0 spiro atoms. The zero-order valence-electron chi connectivity index (χ0n) is 13.1. The second-order valence-electron chi connectivity index (χ2n) is 6.05. The van der Waals surface area contributed by atoms with Crippen molar-refractivity contribution in [3.8, 4) is 0 Å². The van der Waals surface area contributed by atoms with Crippen molar-refractivity contribution in [2.45, 2.75) is 39.7 Å². The molecule has 0 saturated heterocycles. The van der Waals surface area contributed by atoms with E-state index in [1.165, 1.54) is 6.08 Å². The van der Waals surface area contributed by atoms with Crippen LogP contribution >= 0.6 is 0 Å². The largest absolute Gasteiger partial charge is 0.481 e. The molecule has 0 saturated carbocycles. The number of aliphatic carboxylic acids is 1. The third-order valence-corrected chi connectivity index (χ3v) is 3.12. The highest BCUT2D eigenvalue weighted by molar-refractivity contribution is 5.92. The van der Waals surface area contributed by atoms with Crippen LogP contribution in [0.1, 0.15) is 38.3 Å².